The van der Waals surface area contributed by atoms with Crippen LogP contribution in [0.1, 0.15) is 27.7 Å². The predicted octanol–water partition coefficient (Wildman–Crippen LogP) is 4.99. The topological polar surface area (TPSA) is 92.3 Å². The second-order valence-electron chi connectivity index (χ2n) is 7.91. The molecule has 0 amide bonds. The van der Waals surface area contributed by atoms with Crippen molar-refractivity contribution in [2.75, 3.05) is 6.61 Å². The predicted molar refractivity (Wildman–Crippen MR) is 114 cm³/mol. The van der Waals surface area contributed by atoms with E-state index in [0.29, 0.717) is 0 Å². The maximum Gasteiger partial charge on any atom is 0.648 e. The van der Waals surface area contributed by atoms with Gasteiger partial charge in [0.05, 0.1) is 6.61 Å². The van der Waals surface area contributed by atoms with Crippen LogP contribution in [0, 0.1) is 5.92 Å². The fourth-order valence-corrected chi connectivity index (χ4v) is 3.91. The number of hydroxylamine groups is 1. The van der Waals surface area contributed by atoms with Gasteiger partial charge < -0.3 is 18.3 Å². The van der Waals surface area contributed by atoms with E-state index in [9.17, 15) is 9.36 Å². The van der Waals surface area contributed by atoms with E-state index in [0.717, 1.165) is 0 Å². The number of ether oxygens (including phenoxy) is 1. The Balaban J connectivity index is 1.96. The molecule has 0 saturated heterocycles. The monoisotopic (exact) mass is 447 g/mol. The molecule has 1 aliphatic rings. The zero-order valence-corrected chi connectivity index (χ0v) is 18.8. The molecule has 0 fully saturated rings. The first-order chi connectivity index (χ1) is 14.7. The van der Waals surface area contributed by atoms with Gasteiger partial charge in [-0.05, 0) is 45.0 Å². The van der Waals surface area contributed by atoms with Crippen LogP contribution < -0.4 is 14.5 Å². The molecule has 1 aliphatic heterocycles. The molecule has 0 saturated carbocycles. The Morgan fingerprint density at radius 1 is 0.968 bits per heavy atom. The number of phosphoric acid groups is 1. The van der Waals surface area contributed by atoms with Crippen LogP contribution in [0.25, 0.3) is 0 Å². The Morgan fingerprint density at radius 3 is 1.97 bits per heavy atom. The molecule has 1 atom stereocenters. The number of esters is 1. The van der Waals surface area contributed by atoms with Gasteiger partial charge in [0.1, 0.15) is 22.7 Å². The summed E-state index contributed by atoms with van der Waals surface area (Å²) in [5, 5.41) is 0. The molecule has 31 heavy (non-hydrogen) atoms. The number of para-hydroxylation sites is 2. The Hall–Kier alpha value is -2.96. The molecule has 8 nitrogen and oxygen atoms in total. The molecule has 1 N–H and O–H groups in total. The molecule has 0 spiro atoms. The maximum atomic E-state index is 13.6. The number of phosphoric ester groups is 1. The lowest BCUT2D eigenvalue weighted by atomic mass is 10.0. The largest absolute Gasteiger partial charge is 0.648 e. The number of nitrogens with one attached hydrogen (secondary N) is 1. The van der Waals surface area contributed by atoms with Gasteiger partial charge in [0.25, 0.3) is 0 Å². The number of hydrogen-bond acceptors (Lipinski definition) is 8. The van der Waals surface area contributed by atoms with Crippen molar-refractivity contribution in [1.82, 2.24) is 5.48 Å². The van der Waals surface area contributed by atoms with Crippen molar-refractivity contribution in [2.24, 2.45) is 5.92 Å². The van der Waals surface area contributed by atoms with Crippen LogP contribution in [0.4, 0.5) is 0 Å². The first-order valence-corrected chi connectivity index (χ1v) is 11.3. The SMILES string of the molecule is C[C@@H]1CONC(OP(=O)(Oc2ccccc2)Oc2ccccc2)=C1C(=O)OC(C)(C)C. The molecule has 0 aliphatic carbocycles. The van der Waals surface area contributed by atoms with E-state index in [-0.39, 0.29) is 35.5 Å². The van der Waals surface area contributed by atoms with E-state index < -0.39 is 19.4 Å². The average molecular weight is 447 g/mol. The van der Waals surface area contributed by atoms with E-state index in [1.807, 2.05) is 0 Å². The van der Waals surface area contributed by atoms with E-state index in [2.05, 4.69) is 5.48 Å². The molecule has 1 heterocycles. The molecule has 0 unspecified atom stereocenters. The smallest absolute Gasteiger partial charge is 0.456 e. The van der Waals surface area contributed by atoms with Gasteiger partial charge in [0.15, 0.2) is 0 Å². The van der Waals surface area contributed by atoms with Crippen molar-refractivity contribution in [2.45, 2.75) is 33.3 Å². The third kappa shape index (κ3) is 6.51. The molecular weight excluding hydrogens is 421 g/mol. The third-order valence-electron chi connectivity index (χ3n) is 3.98. The first kappa shape index (κ1) is 22.7. The van der Waals surface area contributed by atoms with Crippen LogP contribution in [0.15, 0.2) is 72.1 Å². The average Bonchev–Trinajstić information content (AvgIpc) is 2.68. The zero-order chi connectivity index (χ0) is 22.5. The normalized spacial score (nSPS) is 16.8. The van der Waals surface area contributed by atoms with Crippen molar-refractivity contribution in [3.05, 3.63) is 72.1 Å². The second kappa shape index (κ2) is 9.45. The zero-order valence-electron chi connectivity index (χ0n) is 17.9. The summed E-state index contributed by atoms with van der Waals surface area (Å²) in [6, 6.07) is 16.9. The van der Waals surface area contributed by atoms with Crippen molar-refractivity contribution in [3.8, 4) is 11.5 Å². The summed E-state index contributed by atoms with van der Waals surface area (Å²) in [7, 11) is -4.29. The Morgan fingerprint density at radius 2 is 1.48 bits per heavy atom. The first-order valence-electron chi connectivity index (χ1n) is 9.79. The van der Waals surface area contributed by atoms with Gasteiger partial charge >= 0.3 is 13.8 Å². The van der Waals surface area contributed by atoms with Gasteiger partial charge in [0.2, 0.25) is 5.88 Å². The molecule has 9 heteroatoms. The highest BCUT2D eigenvalue weighted by molar-refractivity contribution is 7.49. The van der Waals surface area contributed by atoms with E-state index >= 15 is 0 Å². The third-order valence-corrected chi connectivity index (χ3v) is 5.25. The van der Waals surface area contributed by atoms with Crippen LogP contribution in [0.5, 0.6) is 11.5 Å². The van der Waals surface area contributed by atoms with Crippen LogP contribution in [-0.2, 0) is 23.5 Å². The van der Waals surface area contributed by atoms with Gasteiger partial charge in [-0.1, -0.05) is 43.3 Å². The summed E-state index contributed by atoms with van der Waals surface area (Å²) in [6.07, 6.45) is 0. The van der Waals surface area contributed by atoms with Crippen LogP contribution in [0.2, 0.25) is 0 Å². The summed E-state index contributed by atoms with van der Waals surface area (Å²) in [6.45, 7) is 7.23. The lowest BCUT2D eigenvalue weighted by molar-refractivity contribution is -0.152. The minimum absolute atomic E-state index is 0.148. The minimum atomic E-state index is -4.29. The van der Waals surface area contributed by atoms with Crippen LogP contribution in [-0.4, -0.2) is 18.2 Å². The molecule has 0 bridgehead atoms. The Bertz CT molecular complexity index is 925. The number of hydrogen-bond donors (Lipinski definition) is 1. The van der Waals surface area contributed by atoms with Crippen molar-refractivity contribution in [1.29, 1.82) is 0 Å². The number of carbonyl (C=O) groups is 1. The second-order valence-corrected chi connectivity index (χ2v) is 9.35. The highest BCUT2D eigenvalue weighted by Crippen LogP contribution is 2.51. The van der Waals surface area contributed by atoms with Crippen LogP contribution >= 0.6 is 7.82 Å². The Labute approximate surface area is 181 Å². The quantitative estimate of drug-likeness (QED) is 0.469. The van der Waals surface area contributed by atoms with E-state index in [1.54, 1.807) is 88.4 Å². The number of rotatable bonds is 7. The lowest BCUT2D eigenvalue weighted by Gasteiger charge is -2.29. The summed E-state index contributed by atoms with van der Waals surface area (Å²) in [5.41, 5.74) is 1.94. The van der Waals surface area contributed by atoms with E-state index in [4.69, 9.17) is 23.1 Å². The van der Waals surface area contributed by atoms with Crippen LogP contribution in [0.3, 0.4) is 0 Å². The van der Waals surface area contributed by atoms with E-state index in [1.165, 1.54) is 0 Å². The summed E-state index contributed by atoms with van der Waals surface area (Å²) >= 11 is 0. The number of benzene rings is 2. The highest BCUT2D eigenvalue weighted by Gasteiger charge is 2.39. The van der Waals surface area contributed by atoms with Gasteiger partial charge in [-0.15, -0.1) is 0 Å². The molecule has 166 valence electrons. The summed E-state index contributed by atoms with van der Waals surface area (Å²) < 4.78 is 36.0. The molecule has 2 aromatic rings. The summed E-state index contributed by atoms with van der Waals surface area (Å²) in [5.74, 6) is -0.634. The lowest BCUT2D eigenvalue weighted by Crippen LogP contribution is -2.36. The molecular formula is C22H26NO7P. The van der Waals surface area contributed by atoms with Crippen molar-refractivity contribution >= 4 is 13.8 Å². The molecule has 0 radical (unpaired) electrons. The fraction of sp³-hybridized carbons (Fsp3) is 0.318. The standard InChI is InChI=1S/C22H26NO7P/c1-16-15-26-23-20(19(16)21(24)27-22(2,3)4)30-31(25,28-17-11-7-5-8-12-17)29-18-13-9-6-10-14-18/h5-14,16,23H,15H2,1-4H3/t16-/m1/s1. The van der Waals surface area contributed by atoms with Crippen molar-refractivity contribution in [3.63, 3.8) is 0 Å². The van der Waals surface area contributed by atoms with Gasteiger partial charge in [-0.2, -0.15) is 4.57 Å². The summed E-state index contributed by atoms with van der Waals surface area (Å²) in [4.78, 5) is 18.1. The molecule has 0 aromatic heterocycles. The van der Waals surface area contributed by atoms with Gasteiger partial charge in [-0.25, -0.2) is 10.3 Å². The number of carbonyl (C=O) groups excluding carboxylic acids is 1. The molecule has 2 aromatic carbocycles. The molecule has 3 rings (SSSR count). The Kier molecular flexibility index (Phi) is 6.93. The maximum absolute atomic E-state index is 13.6. The highest BCUT2D eigenvalue weighted by atomic mass is 31.2. The van der Waals surface area contributed by atoms with Gasteiger partial charge in [0, 0.05) is 5.92 Å². The minimum Gasteiger partial charge on any atom is -0.456 e. The van der Waals surface area contributed by atoms with Gasteiger partial charge in [-0.3, -0.25) is 4.84 Å². The fourth-order valence-electron chi connectivity index (χ4n) is 2.68. The van der Waals surface area contributed by atoms with Crippen molar-refractivity contribution < 1.29 is 32.5 Å².